The number of ketones is 1. The fourth-order valence-corrected chi connectivity index (χ4v) is 4.41. The van der Waals surface area contributed by atoms with Crippen molar-refractivity contribution in [2.45, 2.75) is 18.6 Å². The van der Waals surface area contributed by atoms with Crippen LogP contribution >= 0.6 is 39.3 Å². The topological polar surface area (TPSA) is 59.8 Å². The van der Waals surface area contributed by atoms with Gasteiger partial charge in [-0.05, 0) is 55.0 Å². The number of anilines is 1. The minimum atomic E-state index is 0.0441. The van der Waals surface area contributed by atoms with Crippen molar-refractivity contribution in [3.63, 3.8) is 0 Å². The normalized spacial score (nSPS) is 10.8. The monoisotopic (exact) mass is 526 g/mol. The molecule has 162 valence electrons. The molecule has 0 aliphatic heterocycles. The number of hydrogen-bond donors (Lipinski definition) is 1. The standard InChI is InChI=1S/C24H20BrClN4OS/c1-16-4-2-3-5-21(16)30-23(14-27-20-12-10-19(26)11-13-20)28-29-24(30)32-15-22(31)17-6-8-18(25)9-7-17/h2-13,27H,14-15H2,1H3. The van der Waals surface area contributed by atoms with Gasteiger partial charge in [0.1, 0.15) is 0 Å². The van der Waals surface area contributed by atoms with E-state index in [2.05, 4.69) is 31.4 Å². The number of hydrogen-bond acceptors (Lipinski definition) is 5. The average Bonchev–Trinajstić information content (AvgIpc) is 3.20. The summed E-state index contributed by atoms with van der Waals surface area (Å²) in [5.41, 5.74) is 3.70. The lowest BCUT2D eigenvalue weighted by atomic mass is 10.2. The van der Waals surface area contributed by atoms with Crippen molar-refractivity contribution >= 4 is 50.8 Å². The van der Waals surface area contributed by atoms with Crippen LogP contribution in [0.3, 0.4) is 0 Å². The molecule has 0 bridgehead atoms. The lowest BCUT2D eigenvalue weighted by Gasteiger charge is -2.13. The third kappa shape index (κ3) is 5.41. The summed E-state index contributed by atoms with van der Waals surface area (Å²) in [6.07, 6.45) is 0. The fraction of sp³-hybridized carbons (Fsp3) is 0.125. The summed E-state index contributed by atoms with van der Waals surface area (Å²) in [5, 5.41) is 13.5. The molecule has 4 aromatic rings. The predicted octanol–water partition coefficient (Wildman–Crippen LogP) is 6.58. The number of thioether (sulfide) groups is 1. The van der Waals surface area contributed by atoms with Crippen LogP contribution in [0, 0.1) is 6.92 Å². The second-order valence-corrected chi connectivity index (χ2v) is 9.39. The molecular formula is C24H20BrClN4OS. The van der Waals surface area contributed by atoms with E-state index in [1.54, 1.807) is 0 Å². The molecule has 1 aromatic heterocycles. The van der Waals surface area contributed by atoms with E-state index in [1.165, 1.54) is 11.8 Å². The first-order valence-electron chi connectivity index (χ1n) is 9.92. The molecule has 32 heavy (non-hydrogen) atoms. The van der Waals surface area contributed by atoms with E-state index in [-0.39, 0.29) is 11.5 Å². The van der Waals surface area contributed by atoms with Crippen molar-refractivity contribution in [2.24, 2.45) is 0 Å². The second kappa shape index (κ2) is 10.3. The smallest absolute Gasteiger partial charge is 0.196 e. The first-order chi connectivity index (χ1) is 15.5. The molecule has 0 radical (unpaired) electrons. The maximum atomic E-state index is 12.7. The number of benzene rings is 3. The highest BCUT2D eigenvalue weighted by atomic mass is 79.9. The van der Waals surface area contributed by atoms with Crippen molar-refractivity contribution in [2.75, 3.05) is 11.1 Å². The number of halogens is 2. The van der Waals surface area contributed by atoms with Crippen molar-refractivity contribution in [3.8, 4) is 5.69 Å². The summed E-state index contributed by atoms with van der Waals surface area (Å²) < 4.78 is 2.96. The summed E-state index contributed by atoms with van der Waals surface area (Å²) in [7, 11) is 0. The minimum absolute atomic E-state index is 0.0441. The lowest BCUT2D eigenvalue weighted by molar-refractivity contribution is 0.102. The molecule has 4 rings (SSSR count). The van der Waals surface area contributed by atoms with Gasteiger partial charge in [-0.2, -0.15) is 0 Å². The number of carbonyl (C=O) groups excluding carboxylic acids is 1. The van der Waals surface area contributed by atoms with Gasteiger partial charge in [0.05, 0.1) is 18.0 Å². The van der Waals surface area contributed by atoms with Gasteiger partial charge >= 0.3 is 0 Å². The summed E-state index contributed by atoms with van der Waals surface area (Å²) in [6, 6.07) is 23.0. The van der Waals surface area contributed by atoms with Crippen molar-refractivity contribution in [3.05, 3.63) is 99.2 Å². The highest BCUT2D eigenvalue weighted by Crippen LogP contribution is 2.26. The average molecular weight is 528 g/mol. The van der Waals surface area contributed by atoms with Gasteiger partial charge in [-0.25, -0.2) is 0 Å². The molecule has 1 N–H and O–H groups in total. The van der Waals surface area contributed by atoms with E-state index >= 15 is 0 Å². The second-order valence-electron chi connectivity index (χ2n) is 7.10. The zero-order chi connectivity index (χ0) is 22.5. The van der Waals surface area contributed by atoms with Crippen molar-refractivity contribution < 1.29 is 4.79 Å². The quantitative estimate of drug-likeness (QED) is 0.207. The van der Waals surface area contributed by atoms with Crippen LogP contribution in [-0.2, 0) is 6.54 Å². The number of carbonyl (C=O) groups is 1. The van der Waals surface area contributed by atoms with Crippen molar-refractivity contribution in [1.82, 2.24) is 14.8 Å². The Labute approximate surface area is 204 Å². The first kappa shape index (κ1) is 22.6. The molecule has 5 nitrogen and oxygen atoms in total. The number of Topliss-reactive ketones (excluding diaryl/α,β-unsaturated/α-hetero) is 1. The molecule has 8 heteroatoms. The number of aryl methyl sites for hydroxylation is 1. The Morgan fingerprint density at radius 3 is 2.47 bits per heavy atom. The maximum absolute atomic E-state index is 12.7. The maximum Gasteiger partial charge on any atom is 0.196 e. The fourth-order valence-electron chi connectivity index (χ4n) is 3.16. The summed E-state index contributed by atoms with van der Waals surface area (Å²) in [5.74, 6) is 1.08. The first-order valence-corrected chi connectivity index (χ1v) is 12.1. The Bertz CT molecular complexity index is 1230. The van der Waals surface area contributed by atoms with Crippen LogP contribution in [0.4, 0.5) is 5.69 Å². The highest BCUT2D eigenvalue weighted by molar-refractivity contribution is 9.10. The van der Waals surface area contributed by atoms with Crippen LogP contribution in [0.25, 0.3) is 5.69 Å². The predicted molar refractivity (Wildman–Crippen MR) is 134 cm³/mol. The van der Waals surface area contributed by atoms with E-state index in [9.17, 15) is 4.79 Å². The van der Waals surface area contributed by atoms with Gasteiger partial charge in [-0.15, -0.1) is 10.2 Å². The molecule has 0 amide bonds. The molecule has 0 atom stereocenters. The van der Waals surface area contributed by atoms with Gasteiger partial charge in [-0.3, -0.25) is 9.36 Å². The zero-order valence-corrected chi connectivity index (χ0v) is 20.4. The van der Waals surface area contributed by atoms with Crippen LogP contribution in [0.15, 0.2) is 82.4 Å². The number of rotatable bonds is 8. The zero-order valence-electron chi connectivity index (χ0n) is 17.3. The van der Waals surface area contributed by atoms with E-state index in [0.29, 0.717) is 22.3 Å². The molecule has 0 unspecified atom stereocenters. The molecule has 0 aliphatic rings. The van der Waals surface area contributed by atoms with E-state index in [0.717, 1.165) is 27.2 Å². The SMILES string of the molecule is Cc1ccccc1-n1c(CNc2ccc(Cl)cc2)nnc1SCC(=O)c1ccc(Br)cc1. The third-order valence-electron chi connectivity index (χ3n) is 4.85. The van der Waals surface area contributed by atoms with Gasteiger partial charge in [0.25, 0.3) is 0 Å². The number of nitrogens with zero attached hydrogens (tertiary/aromatic N) is 3. The van der Waals surface area contributed by atoms with Gasteiger partial charge in [0.2, 0.25) is 0 Å². The third-order valence-corrected chi connectivity index (χ3v) is 6.56. The van der Waals surface area contributed by atoms with E-state index in [1.807, 2.05) is 84.3 Å². The molecular weight excluding hydrogens is 508 g/mol. The number of para-hydroxylation sites is 1. The molecule has 0 fully saturated rings. The number of nitrogens with one attached hydrogen (secondary N) is 1. The Balaban J connectivity index is 1.57. The lowest BCUT2D eigenvalue weighted by Crippen LogP contribution is -2.10. The number of aromatic nitrogens is 3. The van der Waals surface area contributed by atoms with Gasteiger partial charge in [-0.1, -0.05) is 69.6 Å². The van der Waals surface area contributed by atoms with Crippen LogP contribution in [-0.4, -0.2) is 26.3 Å². The van der Waals surface area contributed by atoms with Crippen LogP contribution in [0.1, 0.15) is 21.7 Å². The molecule has 0 saturated carbocycles. The van der Waals surface area contributed by atoms with Crippen LogP contribution in [0.2, 0.25) is 5.02 Å². The Morgan fingerprint density at radius 2 is 1.75 bits per heavy atom. The van der Waals surface area contributed by atoms with Crippen LogP contribution < -0.4 is 5.32 Å². The van der Waals surface area contributed by atoms with Crippen LogP contribution in [0.5, 0.6) is 0 Å². The largest absolute Gasteiger partial charge is 0.378 e. The summed E-state index contributed by atoms with van der Waals surface area (Å²) >= 11 is 10.8. The van der Waals surface area contributed by atoms with Gasteiger partial charge in [0, 0.05) is 20.7 Å². The Kier molecular flexibility index (Phi) is 7.29. The Morgan fingerprint density at radius 1 is 1.03 bits per heavy atom. The van der Waals surface area contributed by atoms with E-state index < -0.39 is 0 Å². The molecule has 0 saturated heterocycles. The molecule has 1 heterocycles. The molecule has 0 aliphatic carbocycles. The van der Waals surface area contributed by atoms with Gasteiger partial charge in [0.15, 0.2) is 16.8 Å². The summed E-state index contributed by atoms with van der Waals surface area (Å²) in [4.78, 5) is 12.7. The minimum Gasteiger partial charge on any atom is -0.378 e. The Hall–Kier alpha value is -2.61. The molecule has 3 aromatic carbocycles. The summed E-state index contributed by atoms with van der Waals surface area (Å²) in [6.45, 7) is 2.53. The van der Waals surface area contributed by atoms with Gasteiger partial charge < -0.3 is 5.32 Å². The highest BCUT2D eigenvalue weighted by Gasteiger charge is 2.17. The van der Waals surface area contributed by atoms with Crippen molar-refractivity contribution in [1.29, 1.82) is 0 Å². The molecule has 0 spiro atoms. The van der Waals surface area contributed by atoms with E-state index in [4.69, 9.17) is 11.6 Å².